The molecule has 4 rings (SSSR count). The SMILES string of the molecule is CS(=O)(=O)c1cccc(-c2ccc(-c3c(Br)cnn3-c3ccccc3Cl)s2)c1. The Bertz CT molecular complexity index is 1280. The highest BCUT2D eigenvalue weighted by molar-refractivity contribution is 9.10. The van der Waals surface area contributed by atoms with Crippen LogP contribution in [0.1, 0.15) is 0 Å². The quantitative estimate of drug-likeness (QED) is 0.346. The van der Waals surface area contributed by atoms with Crippen molar-refractivity contribution in [3.05, 3.63) is 76.4 Å². The maximum absolute atomic E-state index is 11.9. The number of para-hydroxylation sites is 1. The van der Waals surface area contributed by atoms with Crippen LogP contribution in [-0.4, -0.2) is 24.5 Å². The van der Waals surface area contributed by atoms with Gasteiger partial charge in [-0.3, -0.25) is 0 Å². The summed E-state index contributed by atoms with van der Waals surface area (Å²) in [4.78, 5) is 2.27. The van der Waals surface area contributed by atoms with E-state index in [4.69, 9.17) is 11.6 Å². The molecule has 4 nitrogen and oxygen atoms in total. The van der Waals surface area contributed by atoms with Gasteiger partial charge in [-0.1, -0.05) is 35.9 Å². The first kappa shape index (κ1) is 19.4. The largest absolute Gasteiger partial charge is 0.230 e. The van der Waals surface area contributed by atoms with Crippen molar-refractivity contribution in [3.63, 3.8) is 0 Å². The minimum Gasteiger partial charge on any atom is -0.230 e. The summed E-state index contributed by atoms with van der Waals surface area (Å²) in [5.74, 6) is 0. The maximum Gasteiger partial charge on any atom is 0.175 e. The smallest absolute Gasteiger partial charge is 0.175 e. The van der Waals surface area contributed by atoms with Crippen LogP contribution in [0.4, 0.5) is 0 Å². The van der Waals surface area contributed by atoms with Crippen molar-refractivity contribution in [2.75, 3.05) is 6.26 Å². The Balaban J connectivity index is 1.80. The summed E-state index contributed by atoms with van der Waals surface area (Å²) in [6, 6.07) is 18.5. The molecule has 2 aromatic carbocycles. The predicted molar refractivity (Wildman–Crippen MR) is 118 cm³/mol. The minimum absolute atomic E-state index is 0.308. The summed E-state index contributed by atoms with van der Waals surface area (Å²) in [6.07, 6.45) is 2.95. The molecular formula is C20H14BrClN2O2S2. The number of benzene rings is 2. The lowest BCUT2D eigenvalue weighted by molar-refractivity contribution is 0.602. The highest BCUT2D eigenvalue weighted by atomic mass is 79.9. The van der Waals surface area contributed by atoms with Crippen LogP contribution < -0.4 is 0 Å². The zero-order valence-electron chi connectivity index (χ0n) is 14.6. The number of hydrogen-bond donors (Lipinski definition) is 0. The highest BCUT2D eigenvalue weighted by Crippen LogP contribution is 2.39. The molecule has 28 heavy (non-hydrogen) atoms. The lowest BCUT2D eigenvalue weighted by Crippen LogP contribution is -1.98. The van der Waals surface area contributed by atoms with Gasteiger partial charge in [0.1, 0.15) is 0 Å². The lowest BCUT2D eigenvalue weighted by atomic mass is 10.2. The average molecular weight is 494 g/mol. The molecule has 0 unspecified atom stereocenters. The van der Waals surface area contributed by atoms with E-state index < -0.39 is 9.84 Å². The standard InChI is InChI=1S/C20H14BrClN2O2S2/c1-28(25,26)14-6-4-5-13(11-14)18-9-10-19(27-18)20-15(21)12-23-24(20)17-8-3-2-7-16(17)22/h2-12H,1H3. The molecule has 142 valence electrons. The van der Waals surface area contributed by atoms with Crippen LogP contribution in [0.5, 0.6) is 0 Å². The Kier molecular flexibility index (Phi) is 5.18. The van der Waals surface area contributed by atoms with Crippen LogP contribution >= 0.6 is 38.9 Å². The maximum atomic E-state index is 11.9. The van der Waals surface area contributed by atoms with Crippen molar-refractivity contribution in [2.45, 2.75) is 4.90 Å². The Labute approximate surface area is 180 Å². The summed E-state index contributed by atoms with van der Waals surface area (Å²) in [5, 5.41) is 5.07. The van der Waals surface area contributed by atoms with Crippen molar-refractivity contribution in [3.8, 4) is 26.7 Å². The second kappa shape index (κ2) is 7.48. The fraction of sp³-hybridized carbons (Fsp3) is 0.0500. The van der Waals surface area contributed by atoms with Crippen molar-refractivity contribution >= 4 is 48.7 Å². The fourth-order valence-electron chi connectivity index (χ4n) is 2.86. The first-order valence-electron chi connectivity index (χ1n) is 8.24. The summed E-state index contributed by atoms with van der Waals surface area (Å²) >= 11 is 11.5. The number of aromatic nitrogens is 2. The van der Waals surface area contributed by atoms with Crippen LogP contribution in [0.15, 0.2) is 76.2 Å². The van der Waals surface area contributed by atoms with Crippen molar-refractivity contribution in [2.24, 2.45) is 0 Å². The van der Waals surface area contributed by atoms with Gasteiger partial charge in [-0.25, -0.2) is 13.1 Å². The van der Waals surface area contributed by atoms with Gasteiger partial charge in [-0.2, -0.15) is 5.10 Å². The predicted octanol–water partition coefficient (Wildman–Crippen LogP) is 6.09. The Morgan fingerprint density at radius 3 is 2.54 bits per heavy atom. The van der Waals surface area contributed by atoms with E-state index in [9.17, 15) is 8.42 Å². The number of rotatable bonds is 4. The van der Waals surface area contributed by atoms with Crippen molar-refractivity contribution in [1.29, 1.82) is 0 Å². The summed E-state index contributed by atoms with van der Waals surface area (Å²) < 4.78 is 26.4. The summed E-state index contributed by atoms with van der Waals surface area (Å²) in [5.41, 5.74) is 2.54. The number of sulfone groups is 1. The van der Waals surface area contributed by atoms with E-state index in [1.807, 2.05) is 42.5 Å². The second-order valence-electron chi connectivity index (χ2n) is 6.17. The van der Waals surface area contributed by atoms with Gasteiger partial charge in [0.15, 0.2) is 9.84 Å². The van der Waals surface area contributed by atoms with Crippen molar-refractivity contribution in [1.82, 2.24) is 9.78 Å². The number of thiophene rings is 1. The molecule has 0 atom stereocenters. The first-order valence-corrected chi connectivity index (χ1v) is 12.1. The van der Waals surface area contributed by atoms with E-state index >= 15 is 0 Å². The third kappa shape index (κ3) is 3.67. The van der Waals surface area contributed by atoms with E-state index in [1.54, 1.807) is 40.4 Å². The Morgan fingerprint density at radius 1 is 1.04 bits per heavy atom. The summed E-state index contributed by atoms with van der Waals surface area (Å²) in [6.45, 7) is 0. The molecule has 0 saturated heterocycles. The molecule has 0 spiro atoms. The monoisotopic (exact) mass is 492 g/mol. The zero-order chi connectivity index (χ0) is 19.9. The van der Waals surface area contributed by atoms with Gasteiger partial charge in [0, 0.05) is 11.1 Å². The molecule has 8 heteroatoms. The Morgan fingerprint density at radius 2 is 1.79 bits per heavy atom. The van der Waals surface area contributed by atoms with Gasteiger partial charge < -0.3 is 0 Å². The second-order valence-corrected chi connectivity index (χ2v) is 10.5. The van der Waals surface area contributed by atoms with Crippen LogP contribution in [0.2, 0.25) is 5.02 Å². The summed E-state index contributed by atoms with van der Waals surface area (Å²) in [7, 11) is -3.26. The highest BCUT2D eigenvalue weighted by Gasteiger charge is 2.17. The van der Waals surface area contributed by atoms with Crippen molar-refractivity contribution < 1.29 is 8.42 Å². The molecule has 4 aromatic rings. The normalized spacial score (nSPS) is 11.7. The van der Waals surface area contributed by atoms with E-state index in [2.05, 4.69) is 21.0 Å². The van der Waals surface area contributed by atoms with E-state index in [1.165, 1.54) is 6.26 Å². The van der Waals surface area contributed by atoms with Crippen LogP contribution in [0.25, 0.3) is 26.7 Å². The number of hydrogen-bond acceptors (Lipinski definition) is 4. The number of nitrogens with zero attached hydrogens (tertiary/aromatic N) is 2. The molecule has 2 heterocycles. The van der Waals surface area contributed by atoms with Crippen LogP contribution in [0.3, 0.4) is 0 Å². The third-order valence-electron chi connectivity index (χ3n) is 4.19. The topological polar surface area (TPSA) is 52.0 Å². The average Bonchev–Trinajstić information content (AvgIpc) is 3.28. The lowest BCUT2D eigenvalue weighted by Gasteiger charge is -2.08. The van der Waals surface area contributed by atoms with E-state index in [0.717, 1.165) is 31.2 Å². The molecule has 0 amide bonds. The molecular weight excluding hydrogens is 480 g/mol. The van der Waals surface area contributed by atoms with Gasteiger partial charge in [-0.05, 0) is 57.9 Å². The number of halogens is 2. The molecule has 0 fully saturated rings. The first-order chi connectivity index (χ1) is 13.3. The molecule has 2 aromatic heterocycles. The van der Waals surface area contributed by atoms with Crippen LogP contribution in [0, 0.1) is 0 Å². The fourth-order valence-corrected chi connectivity index (χ4v) is 5.39. The molecule has 0 radical (unpaired) electrons. The zero-order valence-corrected chi connectivity index (χ0v) is 18.6. The third-order valence-corrected chi connectivity index (χ3v) is 7.34. The molecule has 0 saturated carbocycles. The van der Waals surface area contributed by atoms with E-state index in [-0.39, 0.29) is 0 Å². The minimum atomic E-state index is -3.26. The van der Waals surface area contributed by atoms with Gasteiger partial charge in [-0.15, -0.1) is 11.3 Å². The molecule has 0 N–H and O–H groups in total. The van der Waals surface area contributed by atoms with E-state index in [0.29, 0.717) is 9.92 Å². The van der Waals surface area contributed by atoms with Crippen LogP contribution in [-0.2, 0) is 9.84 Å². The molecule has 0 aliphatic rings. The molecule has 0 bridgehead atoms. The van der Waals surface area contributed by atoms with Gasteiger partial charge >= 0.3 is 0 Å². The van der Waals surface area contributed by atoms with Gasteiger partial charge in [0.25, 0.3) is 0 Å². The molecule has 0 aliphatic carbocycles. The van der Waals surface area contributed by atoms with Gasteiger partial charge in [0.2, 0.25) is 0 Å². The Hall–Kier alpha value is -1.93. The molecule has 0 aliphatic heterocycles. The van der Waals surface area contributed by atoms with Gasteiger partial charge in [0.05, 0.1) is 36.8 Å².